The van der Waals surface area contributed by atoms with Crippen molar-refractivity contribution in [1.29, 1.82) is 0 Å². The van der Waals surface area contributed by atoms with Crippen LogP contribution >= 0.6 is 0 Å². The lowest BCUT2D eigenvalue weighted by Gasteiger charge is -2.49. The average Bonchev–Trinajstić information content (AvgIpc) is 2.31. The van der Waals surface area contributed by atoms with Gasteiger partial charge in [-0.15, -0.1) is 0 Å². The van der Waals surface area contributed by atoms with E-state index in [1.807, 2.05) is 13.0 Å². The SMILES string of the molecule is Cc1ccnc(C2(O)CC3COCC(C2)N3C)n1. The third-order valence-electron chi connectivity index (χ3n) is 4.13. The van der Waals surface area contributed by atoms with Crippen LogP contribution in [0.15, 0.2) is 12.3 Å². The van der Waals surface area contributed by atoms with Gasteiger partial charge in [-0.3, -0.25) is 4.90 Å². The van der Waals surface area contributed by atoms with Crippen molar-refractivity contribution in [2.45, 2.75) is 37.5 Å². The van der Waals surface area contributed by atoms with E-state index in [0.29, 0.717) is 31.9 Å². The van der Waals surface area contributed by atoms with E-state index in [-0.39, 0.29) is 12.1 Å². The van der Waals surface area contributed by atoms with Crippen LogP contribution in [0.2, 0.25) is 0 Å². The molecule has 2 aliphatic heterocycles. The molecule has 2 aliphatic rings. The van der Waals surface area contributed by atoms with Gasteiger partial charge in [0.05, 0.1) is 13.2 Å². The number of aromatic nitrogens is 2. The largest absolute Gasteiger partial charge is 0.382 e. The third kappa shape index (κ3) is 1.92. The second-order valence-corrected chi connectivity index (χ2v) is 5.47. The quantitative estimate of drug-likeness (QED) is 0.784. The number of morpholine rings is 1. The van der Waals surface area contributed by atoms with Crippen molar-refractivity contribution < 1.29 is 9.84 Å². The Kier molecular flexibility index (Phi) is 2.84. The third-order valence-corrected chi connectivity index (χ3v) is 4.13. The fourth-order valence-electron chi connectivity index (χ4n) is 3.00. The highest BCUT2D eigenvalue weighted by atomic mass is 16.5. The van der Waals surface area contributed by atoms with Crippen molar-refractivity contribution in [1.82, 2.24) is 14.9 Å². The monoisotopic (exact) mass is 249 g/mol. The molecule has 5 nitrogen and oxygen atoms in total. The highest BCUT2D eigenvalue weighted by Gasteiger charge is 2.47. The molecule has 5 heteroatoms. The number of fused-ring (bicyclic) bond motifs is 2. The molecule has 18 heavy (non-hydrogen) atoms. The fourth-order valence-corrected chi connectivity index (χ4v) is 3.00. The number of rotatable bonds is 1. The van der Waals surface area contributed by atoms with Gasteiger partial charge in [0.15, 0.2) is 5.82 Å². The number of hydrogen-bond acceptors (Lipinski definition) is 5. The van der Waals surface area contributed by atoms with E-state index in [9.17, 15) is 5.11 Å². The van der Waals surface area contributed by atoms with Crippen LogP contribution in [-0.4, -0.2) is 52.3 Å². The summed E-state index contributed by atoms with van der Waals surface area (Å²) in [5, 5.41) is 10.9. The second-order valence-electron chi connectivity index (χ2n) is 5.47. The van der Waals surface area contributed by atoms with E-state index in [1.165, 1.54) is 0 Å². The number of aryl methyl sites for hydroxylation is 1. The maximum Gasteiger partial charge on any atom is 0.160 e. The summed E-state index contributed by atoms with van der Waals surface area (Å²) >= 11 is 0. The summed E-state index contributed by atoms with van der Waals surface area (Å²) in [6.07, 6.45) is 3.01. The van der Waals surface area contributed by atoms with Crippen LogP contribution in [0.4, 0.5) is 0 Å². The molecule has 2 bridgehead atoms. The lowest BCUT2D eigenvalue weighted by molar-refractivity contribution is -0.140. The molecule has 1 aromatic heterocycles. The molecule has 3 heterocycles. The number of hydrogen-bond donors (Lipinski definition) is 1. The van der Waals surface area contributed by atoms with Crippen molar-refractivity contribution in [3.05, 3.63) is 23.8 Å². The summed E-state index contributed by atoms with van der Waals surface area (Å²) < 4.78 is 5.57. The van der Waals surface area contributed by atoms with E-state index in [0.717, 1.165) is 5.69 Å². The van der Waals surface area contributed by atoms with Crippen LogP contribution in [0, 0.1) is 6.92 Å². The first kappa shape index (κ1) is 12.0. The summed E-state index contributed by atoms with van der Waals surface area (Å²) in [5.74, 6) is 0.563. The van der Waals surface area contributed by atoms with Gasteiger partial charge in [-0.2, -0.15) is 0 Å². The molecule has 1 N–H and O–H groups in total. The molecule has 0 amide bonds. The standard InChI is InChI=1S/C13H19N3O2/c1-9-3-4-14-12(15-9)13(17)5-10-7-18-8-11(6-13)16(10)2/h3-4,10-11,17H,5-8H2,1-2H3. The molecule has 0 spiro atoms. The van der Waals surface area contributed by atoms with E-state index in [2.05, 4.69) is 21.9 Å². The molecule has 2 fully saturated rings. The first-order chi connectivity index (χ1) is 8.58. The van der Waals surface area contributed by atoms with Gasteiger partial charge in [0.1, 0.15) is 5.60 Å². The highest BCUT2D eigenvalue weighted by molar-refractivity contribution is 5.11. The molecule has 98 valence electrons. The molecule has 0 radical (unpaired) electrons. The minimum Gasteiger partial charge on any atom is -0.382 e. The Balaban J connectivity index is 1.92. The molecule has 1 aromatic rings. The molecule has 3 rings (SSSR count). The van der Waals surface area contributed by atoms with E-state index in [1.54, 1.807) is 6.20 Å². The topological polar surface area (TPSA) is 58.5 Å². The zero-order valence-corrected chi connectivity index (χ0v) is 10.8. The van der Waals surface area contributed by atoms with Gasteiger partial charge < -0.3 is 9.84 Å². The Morgan fingerprint density at radius 1 is 1.39 bits per heavy atom. The van der Waals surface area contributed by atoms with Crippen LogP contribution in [0.3, 0.4) is 0 Å². The van der Waals surface area contributed by atoms with Crippen molar-refractivity contribution in [3.63, 3.8) is 0 Å². The lowest BCUT2D eigenvalue weighted by Crippen LogP contribution is -2.59. The van der Waals surface area contributed by atoms with Crippen LogP contribution in [0.1, 0.15) is 24.4 Å². The Morgan fingerprint density at radius 3 is 2.67 bits per heavy atom. The van der Waals surface area contributed by atoms with Crippen LogP contribution in [-0.2, 0) is 10.3 Å². The highest BCUT2D eigenvalue weighted by Crippen LogP contribution is 2.38. The normalized spacial score (nSPS) is 36.6. The summed E-state index contributed by atoms with van der Waals surface area (Å²) in [6, 6.07) is 2.37. The Hall–Kier alpha value is -1.04. The molecule has 2 unspecified atom stereocenters. The first-order valence-electron chi connectivity index (χ1n) is 6.41. The van der Waals surface area contributed by atoms with Crippen molar-refractivity contribution in [3.8, 4) is 0 Å². The Bertz CT molecular complexity index is 438. The summed E-state index contributed by atoms with van der Waals surface area (Å²) in [6.45, 7) is 3.29. The first-order valence-corrected chi connectivity index (χ1v) is 6.41. The molecule has 2 atom stereocenters. The zero-order valence-electron chi connectivity index (χ0n) is 10.8. The van der Waals surface area contributed by atoms with Crippen LogP contribution in [0.25, 0.3) is 0 Å². The van der Waals surface area contributed by atoms with Crippen molar-refractivity contribution in [2.75, 3.05) is 20.3 Å². The van der Waals surface area contributed by atoms with Gasteiger partial charge in [0.2, 0.25) is 0 Å². The van der Waals surface area contributed by atoms with E-state index < -0.39 is 5.60 Å². The maximum absolute atomic E-state index is 10.9. The van der Waals surface area contributed by atoms with Crippen molar-refractivity contribution in [2.24, 2.45) is 0 Å². The molecule has 0 aromatic carbocycles. The predicted molar refractivity (Wildman–Crippen MR) is 66.1 cm³/mol. The molecule has 2 saturated heterocycles. The van der Waals surface area contributed by atoms with Gasteiger partial charge >= 0.3 is 0 Å². The molecule has 0 saturated carbocycles. The van der Waals surface area contributed by atoms with Crippen LogP contribution in [0.5, 0.6) is 0 Å². The number of ether oxygens (including phenoxy) is 1. The Labute approximate surface area is 107 Å². The molecular weight excluding hydrogens is 230 g/mol. The van der Waals surface area contributed by atoms with Gasteiger partial charge in [0.25, 0.3) is 0 Å². The minimum atomic E-state index is -0.905. The zero-order chi connectivity index (χ0) is 12.8. The van der Waals surface area contributed by atoms with E-state index >= 15 is 0 Å². The smallest absolute Gasteiger partial charge is 0.160 e. The number of aliphatic hydroxyl groups is 1. The predicted octanol–water partition coefficient (Wildman–Crippen LogP) is 0.466. The van der Waals surface area contributed by atoms with Gasteiger partial charge in [-0.05, 0) is 20.0 Å². The Morgan fingerprint density at radius 2 is 2.06 bits per heavy atom. The molecular formula is C13H19N3O2. The number of nitrogens with zero attached hydrogens (tertiary/aromatic N) is 3. The summed E-state index contributed by atoms with van der Waals surface area (Å²) in [7, 11) is 2.11. The van der Waals surface area contributed by atoms with Gasteiger partial charge in [-0.25, -0.2) is 9.97 Å². The second kappa shape index (κ2) is 4.26. The van der Waals surface area contributed by atoms with Gasteiger partial charge in [0, 0.05) is 36.8 Å². The van der Waals surface area contributed by atoms with Crippen molar-refractivity contribution >= 4 is 0 Å². The van der Waals surface area contributed by atoms with E-state index in [4.69, 9.17) is 4.74 Å². The summed E-state index contributed by atoms with van der Waals surface area (Å²) in [4.78, 5) is 11.0. The number of piperidine rings is 1. The molecule has 0 aliphatic carbocycles. The van der Waals surface area contributed by atoms with Crippen LogP contribution < -0.4 is 0 Å². The number of likely N-dealkylation sites (N-methyl/N-ethyl adjacent to an activating group) is 1. The average molecular weight is 249 g/mol. The van der Waals surface area contributed by atoms with Gasteiger partial charge in [-0.1, -0.05) is 0 Å². The summed E-state index contributed by atoms with van der Waals surface area (Å²) in [5.41, 5.74) is -0.00811. The maximum atomic E-state index is 10.9. The minimum absolute atomic E-state index is 0.256. The fraction of sp³-hybridized carbons (Fsp3) is 0.692. The lowest BCUT2D eigenvalue weighted by atomic mass is 9.81.